The zero-order chi connectivity index (χ0) is 99.2. The van der Waals surface area contributed by atoms with E-state index >= 15 is 0 Å². The maximum atomic E-state index is 10.9. The van der Waals surface area contributed by atoms with Gasteiger partial charge in [-0.2, -0.15) is 5.06 Å². The first-order valence-electron chi connectivity index (χ1n) is 51.7. The Bertz CT molecular complexity index is 4130. The van der Waals surface area contributed by atoms with Crippen molar-refractivity contribution in [2.45, 2.75) is 59.9 Å². The van der Waals surface area contributed by atoms with Gasteiger partial charge in [0.25, 0.3) is 11.4 Å². The van der Waals surface area contributed by atoms with Crippen molar-refractivity contribution in [3.8, 4) is 0 Å². The molecule has 11 saturated heterocycles. The molecule has 139 heavy (non-hydrogen) atoms. The molecule has 0 amide bonds. The predicted molar refractivity (Wildman–Crippen MR) is 578 cm³/mol. The number of piperazine rings is 11. The topological polar surface area (TPSA) is 236 Å². The number of likely N-dealkylation sites (N-methyl/N-ethyl adjacent to an activating group) is 8. The number of nitro groups is 2. The first-order valence-corrected chi connectivity index (χ1v) is 51.7. The molecule has 11 aliphatic rings. The second-order valence-corrected chi connectivity index (χ2v) is 38.2. The first kappa shape index (κ1) is 116. The van der Waals surface area contributed by atoms with Crippen molar-refractivity contribution in [1.82, 2.24) is 111 Å². The summed E-state index contributed by atoms with van der Waals surface area (Å²) in [5, 5.41) is 43.7. The Morgan fingerprint density at radius 2 is 0.741 bits per heavy atom. The minimum Gasteiger partial charge on any atom is -0.369 e. The quantitative estimate of drug-likeness (QED) is 0.0224. The van der Waals surface area contributed by atoms with Crippen molar-refractivity contribution >= 4 is 22.7 Å². The van der Waals surface area contributed by atoms with E-state index in [1.165, 1.54) is 208 Å². The van der Waals surface area contributed by atoms with Crippen LogP contribution in [0.25, 0.3) is 0 Å². The Labute approximate surface area is 837 Å². The van der Waals surface area contributed by atoms with Crippen molar-refractivity contribution in [2.24, 2.45) is 0 Å². The van der Waals surface area contributed by atoms with Gasteiger partial charge in [-0.3, -0.25) is 54.6 Å². The highest BCUT2D eigenvalue weighted by Crippen LogP contribution is 2.23. The normalized spacial score (nSPS) is 20.1. The third kappa shape index (κ3) is 49.5. The van der Waals surface area contributed by atoms with Gasteiger partial charge in [0.05, 0.1) is 17.0 Å². The molecule has 0 bridgehead atoms. The summed E-state index contributed by atoms with van der Waals surface area (Å²) in [6.45, 7) is 70.7. The molecule has 18 rings (SSSR count). The lowest BCUT2D eigenvalue weighted by molar-refractivity contribution is -0.385. The molecule has 31 nitrogen and oxygen atoms in total. The summed E-state index contributed by atoms with van der Waals surface area (Å²) in [5.41, 5.74) is 11.8. The molecule has 7 aromatic rings. The SMILES string of the molecule is C=CCN1CCNCC1.CCN1CCN(CC)CC1.CN(C)CCN1CCN(C)CC1.CN1CCN(C)CC1.CN1CCNC(c2ccccc2)C1.CN1CCNCC1.CON1CCNCC1.Cc1ccc(N2CCNCC2)cc1C.O=[N+]([O-])c1cccc(CN2CCN(Cc3cccc([N+](=O)[O-])c3)CC2)c1.c1cc(N2CCNCC2)ccn1.c1ccc(CN2CCN(Cc3ccccc3)CC2)cc1. The molecule has 6 N–H and O–H groups in total. The number of aryl methyl sites for hydroxylation is 2. The highest BCUT2D eigenvalue weighted by Gasteiger charge is 2.24. The molecular formula is C108H180N26O5. The average Bonchev–Trinajstić information content (AvgIpc) is 0.845. The lowest BCUT2D eigenvalue weighted by Gasteiger charge is -2.34. The lowest BCUT2D eigenvalue weighted by atomic mass is 10.1. The fourth-order valence-electron chi connectivity index (χ4n) is 17.5. The van der Waals surface area contributed by atoms with Gasteiger partial charge in [-0.1, -0.05) is 141 Å². The van der Waals surface area contributed by atoms with Crippen LogP contribution in [0.4, 0.5) is 22.7 Å². The van der Waals surface area contributed by atoms with Crippen LogP contribution in [0.1, 0.15) is 58.8 Å². The van der Waals surface area contributed by atoms with Crippen molar-refractivity contribution in [3.63, 3.8) is 0 Å². The number of rotatable bonds is 21. The average molecular weight is 1920 g/mol. The third-order valence-corrected chi connectivity index (χ3v) is 27.0. The van der Waals surface area contributed by atoms with Crippen LogP contribution in [0.5, 0.6) is 0 Å². The smallest absolute Gasteiger partial charge is 0.269 e. The van der Waals surface area contributed by atoms with E-state index in [1.807, 2.05) is 35.7 Å². The highest BCUT2D eigenvalue weighted by molar-refractivity contribution is 5.51. The summed E-state index contributed by atoms with van der Waals surface area (Å²) in [6.07, 6.45) is 5.65. The number of hydroxylamine groups is 2. The molecule has 31 heteroatoms. The number of anilines is 2. The van der Waals surface area contributed by atoms with Crippen molar-refractivity contribution in [3.05, 3.63) is 254 Å². The van der Waals surface area contributed by atoms with E-state index in [1.54, 1.807) is 31.4 Å². The van der Waals surface area contributed by atoms with Gasteiger partial charge in [0, 0.05) is 381 Å². The molecule has 1 aromatic heterocycles. The van der Waals surface area contributed by atoms with Gasteiger partial charge in [-0.25, -0.2) is 0 Å². The van der Waals surface area contributed by atoms with E-state index in [0.29, 0.717) is 19.1 Å². The van der Waals surface area contributed by atoms with E-state index in [4.69, 9.17) is 4.84 Å². The number of nitrogens with zero attached hydrogens (tertiary/aromatic N) is 20. The molecule has 1 atom stereocenters. The zero-order valence-corrected chi connectivity index (χ0v) is 87.4. The van der Waals surface area contributed by atoms with Gasteiger partial charge in [0.2, 0.25) is 0 Å². The van der Waals surface area contributed by atoms with Gasteiger partial charge in [0.15, 0.2) is 0 Å². The Morgan fingerprint density at radius 3 is 1.12 bits per heavy atom. The van der Waals surface area contributed by atoms with Gasteiger partial charge < -0.3 is 85.7 Å². The fourth-order valence-corrected chi connectivity index (χ4v) is 17.5. The minimum absolute atomic E-state index is 0.117. The molecule has 0 saturated carbocycles. The van der Waals surface area contributed by atoms with Crippen molar-refractivity contribution in [2.75, 3.05) is 380 Å². The fraction of sp³-hybridized carbons (Fsp3) is 0.602. The van der Waals surface area contributed by atoms with E-state index in [2.05, 4.69) is 320 Å². The van der Waals surface area contributed by atoms with E-state index in [9.17, 15) is 20.2 Å². The summed E-state index contributed by atoms with van der Waals surface area (Å²) in [7, 11) is 16.9. The Balaban J connectivity index is 0.000000192. The minimum atomic E-state index is -0.375. The highest BCUT2D eigenvalue weighted by atomic mass is 16.7. The molecule has 12 heterocycles. The molecule has 11 fully saturated rings. The zero-order valence-electron chi connectivity index (χ0n) is 87.4. The number of pyridine rings is 1. The Kier molecular flexibility index (Phi) is 58.1. The molecule has 11 aliphatic heterocycles. The monoisotopic (exact) mass is 1920 g/mol. The Hall–Kier alpha value is -8.27. The first-order chi connectivity index (χ1) is 67.6. The molecule has 772 valence electrons. The largest absolute Gasteiger partial charge is 0.369 e. The van der Waals surface area contributed by atoms with Crippen LogP contribution >= 0.6 is 0 Å². The molecular weight excluding hydrogens is 1740 g/mol. The second kappa shape index (κ2) is 69.6. The number of benzene rings is 6. The third-order valence-electron chi connectivity index (χ3n) is 27.0. The maximum absolute atomic E-state index is 10.9. The number of nitro benzene ring substituents is 2. The van der Waals surface area contributed by atoms with E-state index in [0.717, 1.165) is 181 Å². The molecule has 0 radical (unpaired) electrons. The number of hydrogen-bond acceptors (Lipinski definition) is 29. The van der Waals surface area contributed by atoms with E-state index < -0.39 is 0 Å². The number of hydrogen-bond donors (Lipinski definition) is 6. The summed E-state index contributed by atoms with van der Waals surface area (Å²) < 4.78 is 0. The van der Waals surface area contributed by atoms with Crippen LogP contribution in [-0.4, -0.2) is 459 Å². The van der Waals surface area contributed by atoms with Gasteiger partial charge in [-0.15, -0.1) is 6.58 Å². The van der Waals surface area contributed by atoms with Gasteiger partial charge in [0.1, 0.15) is 0 Å². The number of aromatic nitrogens is 1. The number of non-ortho nitro benzene ring substituents is 2. The summed E-state index contributed by atoms with van der Waals surface area (Å²) >= 11 is 0. The van der Waals surface area contributed by atoms with E-state index in [-0.39, 0.29) is 21.2 Å². The van der Waals surface area contributed by atoms with Gasteiger partial charge >= 0.3 is 0 Å². The molecule has 0 aliphatic carbocycles. The number of nitrogens with one attached hydrogen (secondary N) is 6. The Morgan fingerprint density at radius 1 is 0.381 bits per heavy atom. The van der Waals surface area contributed by atoms with Crippen LogP contribution in [0.15, 0.2) is 195 Å². The van der Waals surface area contributed by atoms with Crippen molar-refractivity contribution < 1.29 is 14.7 Å². The standard InChI is InChI=1S/C18H20N4O4.C18H22N2.C12H18N2.C11H16N2.C9H13N3.C9H21N3.C8H18N2.C7H14N2.C6H14N2.C5H12N2O.C5H12N2/c23-21(24)17-5-1-3-15(11-17)13-19-7-9-20(10-8-19)14-16-4-2-6-18(12-16)22(25)26;1-3-7-17(8-4-1)15-19-11-13-20(14-12-19)16-18-9-5-2-6-10-18;1-10-3-4-12(9-11(10)2)14-7-5-13-6-8-14;1-13-8-7-12-11(9-13)10-5-3-2-4-6-10;1-3-10-4-2-9(1)12-7-5-11-6-8-12;1-10(2)4-7-12-8-5-11(3)6-9-12;1-3-9-5-7-10(4-2)8-6-9;1-2-5-9-6-3-8-4-7-9;1-7-3-5-8(2)6-4-7;1-8-7-4-2-6-3-5-7;1-7-4-2-6-3-5-7/h1-6,11-12H,7-10,13-14H2;1-10H,11-16H2;3-4,9,13H,5-8H2,1-2H3;2-6,11-12H,7-9H2,1H3;1-4,11H,5-8H2;4-9H2,1-3H3;3-8H2,1-2H3;2,8H,1,3-7H2;3-6H2,1-2H3;6H,2-5H2,1H3;6H,2-5H2,1H3. The second-order valence-electron chi connectivity index (χ2n) is 38.2. The van der Waals surface area contributed by atoms with Crippen LogP contribution < -0.4 is 41.7 Å². The van der Waals surface area contributed by atoms with Crippen LogP contribution in [0, 0.1) is 34.1 Å². The molecule has 1 unspecified atom stereocenters. The molecule has 0 spiro atoms. The maximum Gasteiger partial charge on any atom is 0.269 e. The predicted octanol–water partition coefficient (Wildman–Crippen LogP) is 8.65. The van der Waals surface area contributed by atoms with Crippen LogP contribution in [0.2, 0.25) is 0 Å². The summed E-state index contributed by atoms with van der Waals surface area (Å²) in [4.78, 5) is 68.4. The summed E-state index contributed by atoms with van der Waals surface area (Å²) in [6, 6.07) is 57.1. The molecule has 6 aromatic carbocycles. The lowest BCUT2D eigenvalue weighted by Crippen LogP contribution is -2.46. The van der Waals surface area contributed by atoms with Crippen LogP contribution in [0.3, 0.4) is 0 Å². The summed E-state index contributed by atoms with van der Waals surface area (Å²) in [5.74, 6) is 0. The van der Waals surface area contributed by atoms with Crippen molar-refractivity contribution in [1.29, 1.82) is 0 Å². The van der Waals surface area contributed by atoms with Gasteiger partial charge in [-0.05, 0) is 139 Å². The van der Waals surface area contributed by atoms with Crippen LogP contribution in [-0.2, 0) is 31.0 Å².